The number of nitrogens with zero attached hydrogens (tertiary/aromatic N) is 4. The summed E-state index contributed by atoms with van der Waals surface area (Å²) in [6.07, 6.45) is 8.25. The first kappa shape index (κ1) is 12.2. The van der Waals surface area contributed by atoms with E-state index in [2.05, 4.69) is 19.4 Å². The van der Waals surface area contributed by atoms with E-state index in [1.165, 1.54) is 25.9 Å². The van der Waals surface area contributed by atoms with Crippen LogP contribution in [0.2, 0.25) is 0 Å². The quantitative estimate of drug-likeness (QED) is 0.904. The average Bonchev–Trinajstić information content (AvgIpc) is 3.08. The molecule has 0 unspecified atom stereocenters. The van der Waals surface area contributed by atoms with Crippen molar-refractivity contribution in [3.05, 3.63) is 30.9 Å². The Kier molecular flexibility index (Phi) is 3.46. The van der Waals surface area contributed by atoms with Gasteiger partial charge in [0.1, 0.15) is 5.82 Å². The highest BCUT2D eigenvalue weighted by molar-refractivity contribution is 5.59. The van der Waals surface area contributed by atoms with Crippen LogP contribution in [0.5, 0.6) is 0 Å². The van der Waals surface area contributed by atoms with Crippen LogP contribution in [0.4, 0.5) is 5.82 Å². The predicted molar refractivity (Wildman–Crippen MR) is 75.5 cm³/mol. The van der Waals surface area contributed by atoms with E-state index in [0.29, 0.717) is 5.82 Å². The Morgan fingerprint density at radius 2 is 1.95 bits per heavy atom. The van der Waals surface area contributed by atoms with Gasteiger partial charge in [-0.3, -0.25) is 0 Å². The lowest BCUT2D eigenvalue weighted by atomic mass is 10.2. The highest BCUT2D eigenvalue weighted by Crippen LogP contribution is 2.19. The fourth-order valence-corrected chi connectivity index (χ4v) is 2.55. The van der Waals surface area contributed by atoms with Gasteiger partial charge in [0.15, 0.2) is 0 Å². The molecule has 0 bridgehead atoms. The Morgan fingerprint density at radius 1 is 1.11 bits per heavy atom. The van der Waals surface area contributed by atoms with Crippen molar-refractivity contribution in [3.63, 3.8) is 0 Å². The molecule has 2 aromatic rings. The summed E-state index contributed by atoms with van der Waals surface area (Å²) in [6, 6.07) is 3.82. The molecule has 3 heterocycles. The lowest BCUT2D eigenvalue weighted by molar-refractivity contribution is 0.323. The van der Waals surface area contributed by atoms with E-state index in [1.54, 1.807) is 6.20 Å². The fraction of sp³-hybridized carbons (Fsp3) is 0.429. The second kappa shape index (κ2) is 5.40. The van der Waals surface area contributed by atoms with Crippen LogP contribution in [0.1, 0.15) is 12.8 Å². The third kappa shape index (κ3) is 2.76. The van der Waals surface area contributed by atoms with E-state index in [-0.39, 0.29) is 0 Å². The third-order valence-electron chi connectivity index (χ3n) is 3.65. The van der Waals surface area contributed by atoms with Crippen LogP contribution in [-0.2, 0) is 6.54 Å². The van der Waals surface area contributed by atoms with Crippen molar-refractivity contribution in [3.8, 4) is 11.3 Å². The minimum atomic E-state index is 0.548. The molecule has 1 aliphatic heterocycles. The average molecular weight is 257 g/mol. The first-order valence-electron chi connectivity index (χ1n) is 6.77. The number of hydrogen-bond acceptors (Lipinski definition) is 4. The molecule has 0 amide bonds. The smallest absolute Gasteiger partial charge is 0.123 e. The zero-order chi connectivity index (χ0) is 13.1. The molecule has 2 aromatic heterocycles. The molecule has 0 radical (unpaired) electrons. The van der Waals surface area contributed by atoms with Gasteiger partial charge in [-0.25, -0.2) is 9.97 Å². The molecule has 0 saturated carbocycles. The first-order valence-corrected chi connectivity index (χ1v) is 6.77. The summed E-state index contributed by atoms with van der Waals surface area (Å²) in [5.74, 6) is 0.548. The number of anilines is 1. The van der Waals surface area contributed by atoms with E-state index < -0.39 is 0 Å². The zero-order valence-corrected chi connectivity index (χ0v) is 11.0. The van der Waals surface area contributed by atoms with Gasteiger partial charge in [-0.15, -0.1) is 0 Å². The molecule has 0 spiro atoms. The monoisotopic (exact) mass is 257 g/mol. The fourth-order valence-electron chi connectivity index (χ4n) is 2.55. The number of aromatic nitrogens is 3. The lowest BCUT2D eigenvalue weighted by Gasteiger charge is -2.16. The molecule has 1 fully saturated rings. The van der Waals surface area contributed by atoms with E-state index in [1.807, 2.05) is 24.7 Å². The van der Waals surface area contributed by atoms with Crippen molar-refractivity contribution in [2.45, 2.75) is 19.4 Å². The number of nitrogen functional groups attached to an aromatic ring is 1. The largest absolute Gasteiger partial charge is 0.384 e. The lowest BCUT2D eigenvalue weighted by Crippen LogP contribution is -2.24. The Balaban J connectivity index is 1.72. The van der Waals surface area contributed by atoms with Crippen LogP contribution in [0, 0.1) is 0 Å². The van der Waals surface area contributed by atoms with E-state index >= 15 is 0 Å². The van der Waals surface area contributed by atoms with Crippen LogP contribution in [-0.4, -0.2) is 39.1 Å². The second-order valence-corrected chi connectivity index (χ2v) is 4.99. The van der Waals surface area contributed by atoms with Crippen LogP contribution >= 0.6 is 0 Å². The van der Waals surface area contributed by atoms with E-state index in [9.17, 15) is 0 Å². The van der Waals surface area contributed by atoms with Crippen molar-refractivity contribution < 1.29 is 0 Å². The molecule has 100 valence electrons. The maximum atomic E-state index is 5.62. The third-order valence-corrected chi connectivity index (χ3v) is 3.65. The van der Waals surface area contributed by atoms with Crippen LogP contribution < -0.4 is 5.73 Å². The number of imidazole rings is 1. The molecule has 0 aliphatic carbocycles. The minimum Gasteiger partial charge on any atom is -0.384 e. The summed E-state index contributed by atoms with van der Waals surface area (Å²) in [5, 5.41) is 0. The highest BCUT2D eigenvalue weighted by Gasteiger charge is 2.12. The maximum absolute atomic E-state index is 5.62. The van der Waals surface area contributed by atoms with Gasteiger partial charge in [-0.1, -0.05) is 0 Å². The number of likely N-dealkylation sites (tertiary alicyclic amines) is 1. The summed E-state index contributed by atoms with van der Waals surface area (Å²) in [7, 11) is 0. The first-order chi connectivity index (χ1) is 9.33. The normalized spacial score (nSPS) is 16.0. The molecule has 19 heavy (non-hydrogen) atoms. The Bertz CT molecular complexity index is 525. The molecule has 5 nitrogen and oxygen atoms in total. The van der Waals surface area contributed by atoms with Gasteiger partial charge in [0.25, 0.3) is 0 Å². The Hall–Kier alpha value is -1.88. The van der Waals surface area contributed by atoms with Crippen LogP contribution in [0.15, 0.2) is 30.9 Å². The molecule has 1 aliphatic rings. The molecule has 0 aromatic carbocycles. The summed E-state index contributed by atoms with van der Waals surface area (Å²) < 4.78 is 2.19. The highest BCUT2D eigenvalue weighted by atomic mass is 15.2. The summed E-state index contributed by atoms with van der Waals surface area (Å²) >= 11 is 0. The van der Waals surface area contributed by atoms with Gasteiger partial charge in [-0.2, -0.15) is 0 Å². The number of hydrogen-bond donors (Lipinski definition) is 1. The van der Waals surface area contributed by atoms with Crippen molar-refractivity contribution in [1.29, 1.82) is 0 Å². The molecular formula is C14H19N5. The standard InChI is InChI=1S/C14H19N5/c15-14-4-3-12(9-17-14)13-10-16-11-19(13)8-7-18-5-1-2-6-18/h3-4,9-11H,1-2,5-8H2,(H2,15,17). The van der Waals surface area contributed by atoms with E-state index in [4.69, 9.17) is 5.73 Å². The molecule has 1 saturated heterocycles. The van der Waals surface area contributed by atoms with Crippen molar-refractivity contribution in [2.24, 2.45) is 0 Å². The maximum Gasteiger partial charge on any atom is 0.123 e. The topological polar surface area (TPSA) is 60.0 Å². The van der Waals surface area contributed by atoms with Crippen molar-refractivity contribution >= 4 is 5.82 Å². The Labute approximate surface area is 113 Å². The number of nitrogens with two attached hydrogens (primary N) is 1. The number of rotatable bonds is 4. The van der Waals surface area contributed by atoms with Gasteiger partial charge >= 0.3 is 0 Å². The molecule has 2 N–H and O–H groups in total. The molecule has 0 atom stereocenters. The minimum absolute atomic E-state index is 0.548. The predicted octanol–water partition coefficient (Wildman–Crippen LogP) is 1.62. The van der Waals surface area contributed by atoms with E-state index in [0.717, 1.165) is 24.3 Å². The molecular weight excluding hydrogens is 238 g/mol. The van der Waals surface area contributed by atoms with Crippen molar-refractivity contribution in [1.82, 2.24) is 19.4 Å². The van der Waals surface area contributed by atoms with Gasteiger partial charge < -0.3 is 15.2 Å². The zero-order valence-electron chi connectivity index (χ0n) is 11.0. The molecule has 3 rings (SSSR count). The number of pyridine rings is 1. The SMILES string of the molecule is Nc1ccc(-c2cncn2CCN2CCCC2)cn1. The van der Waals surface area contributed by atoms with Gasteiger partial charge in [0, 0.05) is 24.8 Å². The summed E-state index contributed by atoms with van der Waals surface area (Å²) in [4.78, 5) is 10.9. The van der Waals surface area contributed by atoms with Gasteiger partial charge in [0.05, 0.1) is 18.2 Å². The van der Waals surface area contributed by atoms with Gasteiger partial charge in [-0.05, 0) is 38.1 Å². The molecule has 5 heteroatoms. The Morgan fingerprint density at radius 3 is 2.68 bits per heavy atom. The second-order valence-electron chi connectivity index (χ2n) is 4.99. The summed E-state index contributed by atoms with van der Waals surface area (Å²) in [5.41, 5.74) is 7.79. The summed E-state index contributed by atoms with van der Waals surface area (Å²) in [6.45, 7) is 4.52. The van der Waals surface area contributed by atoms with Gasteiger partial charge in [0.2, 0.25) is 0 Å². The van der Waals surface area contributed by atoms with Crippen LogP contribution in [0.3, 0.4) is 0 Å². The van der Waals surface area contributed by atoms with Crippen LogP contribution in [0.25, 0.3) is 11.3 Å². The van der Waals surface area contributed by atoms with Crippen molar-refractivity contribution in [2.75, 3.05) is 25.4 Å².